The van der Waals surface area contributed by atoms with E-state index in [0.29, 0.717) is 70.1 Å². The number of aromatic nitrogens is 12. The molecule has 28 rings (SSSR count). The van der Waals surface area contributed by atoms with Gasteiger partial charge in [-0.05, 0) is 162 Å². The van der Waals surface area contributed by atoms with Gasteiger partial charge in [-0.15, -0.1) is 11.3 Å². The van der Waals surface area contributed by atoms with E-state index in [1.807, 2.05) is 261 Å². The normalized spacial score (nSPS) is 11.5. The van der Waals surface area contributed by atoms with E-state index in [9.17, 15) is 0 Å². The Morgan fingerprint density at radius 3 is 0.782 bits per heavy atom. The highest BCUT2D eigenvalue weighted by molar-refractivity contribution is 7.26. The number of thiophene rings is 1. The molecule has 664 valence electrons. The quantitative estimate of drug-likeness (QED) is 0.0932. The topological polar surface area (TPSA) is 194 Å². The summed E-state index contributed by atoms with van der Waals surface area (Å²) in [4.78, 5) is 59.2. The summed E-state index contributed by atoms with van der Waals surface area (Å²) < 4.78 is 21.8. The van der Waals surface area contributed by atoms with Crippen LogP contribution in [0.5, 0.6) is 0 Å². The number of nitrogens with zero attached hydrogens (tertiary/aromatic N) is 12. The Hall–Kier alpha value is -19.2. The predicted molar refractivity (Wildman–Crippen MR) is 576 cm³/mol. The van der Waals surface area contributed by atoms with Gasteiger partial charge in [0.05, 0.1) is 0 Å². The van der Waals surface area contributed by atoms with Gasteiger partial charge in [0.15, 0.2) is 69.2 Å². The highest BCUT2D eigenvalue weighted by Gasteiger charge is 2.24. The monoisotopic (exact) mass is 1840 g/mol. The average Bonchev–Trinajstić information content (AvgIpc) is 1.53. The van der Waals surface area contributed by atoms with Crippen molar-refractivity contribution in [3.05, 3.63) is 461 Å². The maximum Gasteiger partial charge on any atom is 0.227 e. The lowest BCUT2D eigenvalue weighted by Gasteiger charge is -2.11. The van der Waals surface area contributed by atoms with Crippen LogP contribution in [0.4, 0.5) is 0 Å². The molecular formula is C126H76N12O3S. The molecule has 0 N–H and O–H groups in total. The summed E-state index contributed by atoms with van der Waals surface area (Å²) in [5.41, 5.74) is 20.6. The van der Waals surface area contributed by atoms with Crippen molar-refractivity contribution in [2.45, 2.75) is 0 Å². The van der Waals surface area contributed by atoms with Gasteiger partial charge in [-0.25, -0.2) is 59.8 Å². The molecule has 21 aromatic carbocycles. The second kappa shape index (κ2) is 35.8. The third-order valence-corrected chi connectivity index (χ3v) is 27.2. The molecule has 0 saturated heterocycles. The Balaban J connectivity index is 0.000000109. The van der Waals surface area contributed by atoms with Crippen molar-refractivity contribution in [3.8, 4) is 159 Å². The molecular weight excluding hydrogens is 1760 g/mol. The zero-order chi connectivity index (χ0) is 93.9. The lowest BCUT2D eigenvalue weighted by atomic mass is 9.96. The van der Waals surface area contributed by atoms with Gasteiger partial charge in [0.1, 0.15) is 16.6 Å². The van der Waals surface area contributed by atoms with Gasteiger partial charge in [0.25, 0.3) is 0 Å². The Morgan fingerprint density at radius 2 is 0.394 bits per heavy atom. The zero-order valence-corrected chi connectivity index (χ0v) is 76.7. The van der Waals surface area contributed by atoms with E-state index in [2.05, 4.69) is 200 Å². The first-order valence-electron chi connectivity index (χ1n) is 46.9. The van der Waals surface area contributed by atoms with E-state index in [0.717, 1.165) is 187 Å². The lowest BCUT2D eigenvalue weighted by molar-refractivity contribution is 0.623. The van der Waals surface area contributed by atoms with Crippen LogP contribution in [0.2, 0.25) is 0 Å². The van der Waals surface area contributed by atoms with Gasteiger partial charge < -0.3 is 13.3 Å². The molecule has 0 aliphatic carbocycles. The summed E-state index contributed by atoms with van der Waals surface area (Å²) in [6.07, 6.45) is 0. The fourth-order valence-corrected chi connectivity index (χ4v) is 20.1. The molecule has 0 fully saturated rings. The molecule has 0 aliphatic heterocycles. The highest BCUT2D eigenvalue weighted by atomic mass is 32.1. The lowest BCUT2D eigenvalue weighted by Crippen LogP contribution is -2.00. The van der Waals surface area contributed by atoms with Gasteiger partial charge >= 0.3 is 0 Å². The minimum Gasteiger partial charge on any atom is -0.435 e. The van der Waals surface area contributed by atoms with Crippen LogP contribution in [-0.2, 0) is 0 Å². The summed E-state index contributed by atoms with van der Waals surface area (Å²) in [7, 11) is 0. The van der Waals surface area contributed by atoms with E-state index in [1.54, 1.807) is 11.3 Å². The van der Waals surface area contributed by atoms with Crippen molar-refractivity contribution in [1.29, 1.82) is 0 Å². The molecule has 7 aromatic heterocycles. The maximum atomic E-state index is 6.49. The van der Waals surface area contributed by atoms with Gasteiger partial charge in [-0.1, -0.05) is 370 Å². The largest absolute Gasteiger partial charge is 0.435 e. The molecule has 0 aliphatic rings. The third kappa shape index (κ3) is 15.9. The van der Waals surface area contributed by atoms with Gasteiger partial charge in [-0.2, -0.15) is 0 Å². The third-order valence-electron chi connectivity index (χ3n) is 26.0. The van der Waals surface area contributed by atoms with Gasteiger partial charge in [0, 0.05) is 103 Å². The molecule has 0 spiro atoms. The number of fused-ring (bicyclic) bond motifs is 18. The number of oxazole rings is 3. The standard InChI is InChI=1S/C42H24N4OS.2C42H26N4O/c1-3-10-27(11-4-1)39-44-40(46-41(45-39)31-15-9-17-35-37(31)30-14-7-8-16-34(30)48-35)29-21-19-25-18-20-26-22-23-33-38(36(26)32(25)24-29)47-42(43-33)28-12-5-2-6-13-28;1-4-11-29(12-5-1)39-44-40(30-13-6-2-7-14-30)46-41(45-39)34-18-10-17-32(25-34)33-22-20-27-19-21-28-23-24-36-38(37(28)35(27)26-33)47-42(43-36)31-15-8-3-9-16-31;1-4-10-30(11-5-1)39-44-40(31-12-6-2-7-13-31)46-41(45-39)32-21-16-27(17-22-32)34-23-19-28-18-20-29-24-25-36-38(37(29)35(28)26-34)47-42(43-36)33-14-8-3-9-15-33/h1-24H;2*1-26H. The number of hydrogen-bond donors (Lipinski definition) is 0. The minimum absolute atomic E-state index is 0.607. The second-order valence-corrected chi connectivity index (χ2v) is 36.0. The van der Waals surface area contributed by atoms with Crippen LogP contribution in [0.3, 0.4) is 0 Å². The molecule has 0 unspecified atom stereocenters. The number of benzene rings is 21. The van der Waals surface area contributed by atoms with Gasteiger partial charge in [-0.3, -0.25) is 0 Å². The van der Waals surface area contributed by atoms with E-state index in [1.165, 1.54) is 20.2 Å². The van der Waals surface area contributed by atoms with Crippen molar-refractivity contribution in [1.82, 2.24) is 59.8 Å². The predicted octanol–water partition coefficient (Wildman–Crippen LogP) is 32.7. The average molecular weight is 1840 g/mol. The first kappa shape index (κ1) is 83.4. The van der Waals surface area contributed by atoms with Crippen LogP contribution in [0.25, 0.3) is 277 Å². The van der Waals surface area contributed by atoms with E-state index >= 15 is 0 Å². The molecule has 0 atom stereocenters. The summed E-state index contributed by atoms with van der Waals surface area (Å²) in [6.45, 7) is 0. The Bertz CT molecular complexity index is 9610. The molecule has 142 heavy (non-hydrogen) atoms. The summed E-state index contributed by atoms with van der Waals surface area (Å²) in [6, 6.07) is 157. The zero-order valence-electron chi connectivity index (χ0n) is 75.9. The van der Waals surface area contributed by atoms with Crippen LogP contribution in [0, 0.1) is 0 Å². The smallest absolute Gasteiger partial charge is 0.227 e. The molecule has 16 heteroatoms. The molecule has 0 bridgehead atoms. The molecule has 7 heterocycles. The SMILES string of the molecule is c1ccc(-c2nc(-c3ccc4ccc5ccc6nc(-c7ccccc7)oc6c5c4c3)nc(-c3cccc4sc5ccccc5c34)n2)cc1.c1ccc(-c2nc(-c3ccccc3)nc(-c3ccc(-c4ccc5ccc6ccc7nc(-c8ccccc8)oc7c6c5c4)cc3)n2)cc1.c1ccc(-c2nc(-c3ccccc3)nc(-c3cccc(-c4ccc5ccc6ccc7nc(-c8ccccc8)oc7c6c5c4)c3)n2)cc1. The summed E-state index contributed by atoms with van der Waals surface area (Å²) in [5, 5.41) is 15.5. The number of rotatable bonds is 14. The van der Waals surface area contributed by atoms with Crippen LogP contribution >= 0.6 is 11.3 Å². The first-order chi connectivity index (χ1) is 70.3. The molecule has 28 aromatic rings. The fraction of sp³-hybridized carbons (Fsp3) is 0. The highest BCUT2D eigenvalue weighted by Crippen LogP contribution is 2.45. The van der Waals surface area contributed by atoms with E-state index in [4.69, 9.17) is 73.1 Å². The van der Waals surface area contributed by atoms with Crippen molar-refractivity contribution < 1.29 is 13.3 Å². The van der Waals surface area contributed by atoms with Crippen LogP contribution in [0.1, 0.15) is 0 Å². The Morgan fingerprint density at radius 1 is 0.148 bits per heavy atom. The van der Waals surface area contributed by atoms with Crippen molar-refractivity contribution in [2.24, 2.45) is 0 Å². The summed E-state index contributed by atoms with van der Waals surface area (Å²) in [5.74, 6) is 7.59. The van der Waals surface area contributed by atoms with Gasteiger partial charge in [0.2, 0.25) is 17.7 Å². The second-order valence-electron chi connectivity index (χ2n) is 34.9. The molecule has 0 radical (unpaired) electrons. The van der Waals surface area contributed by atoms with Crippen molar-refractivity contribution >= 4 is 129 Å². The molecule has 0 saturated carbocycles. The van der Waals surface area contributed by atoms with Crippen LogP contribution in [0.15, 0.2) is 474 Å². The summed E-state index contributed by atoms with van der Waals surface area (Å²) >= 11 is 1.79. The van der Waals surface area contributed by atoms with E-state index in [-0.39, 0.29) is 0 Å². The number of hydrogen-bond acceptors (Lipinski definition) is 16. The first-order valence-corrected chi connectivity index (χ1v) is 47.7. The van der Waals surface area contributed by atoms with Crippen LogP contribution < -0.4 is 0 Å². The van der Waals surface area contributed by atoms with Crippen molar-refractivity contribution in [3.63, 3.8) is 0 Å². The fourth-order valence-electron chi connectivity index (χ4n) is 19.0. The molecule has 15 nitrogen and oxygen atoms in total. The molecule has 0 amide bonds. The van der Waals surface area contributed by atoms with E-state index < -0.39 is 0 Å². The Kier molecular flexibility index (Phi) is 21.1. The minimum atomic E-state index is 0.607. The maximum absolute atomic E-state index is 6.49. The van der Waals surface area contributed by atoms with Crippen molar-refractivity contribution in [2.75, 3.05) is 0 Å². The Labute approximate surface area is 817 Å². The van der Waals surface area contributed by atoms with Crippen LogP contribution in [-0.4, -0.2) is 59.8 Å².